The van der Waals surface area contributed by atoms with Gasteiger partial charge in [-0.15, -0.1) is 11.3 Å². The summed E-state index contributed by atoms with van der Waals surface area (Å²) in [5.74, 6) is 0.337. The zero-order chi connectivity index (χ0) is 13.8. The van der Waals surface area contributed by atoms with Crippen molar-refractivity contribution < 1.29 is 9.34 Å². The standard InChI is InChI=1S/C12H13BrN2O3S/c1-2-7-14-12(9-4-5-10(13)19-9)8-3-6-11(18-8)15(16)17/h3-6,12,14H,2,7H2,1H3. The van der Waals surface area contributed by atoms with Gasteiger partial charge >= 0.3 is 5.88 Å². The number of nitrogens with one attached hydrogen (secondary N) is 1. The van der Waals surface area contributed by atoms with E-state index in [4.69, 9.17) is 4.42 Å². The van der Waals surface area contributed by atoms with Gasteiger partial charge in [-0.2, -0.15) is 0 Å². The van der Waals surface area contributed by atoms with Gasteiger partial charge in [0.25, 0.3) is 0 Å². The molecule has 0 saturated heterocycles. The van der Waals surface area contributed by atoms with Gasteiger partial charge in [0.2, 0.25) is 0 Å². The van der Waals surface area contributed by atoms with Crippen LogP contribution in [0.4, 0.5) is 5.88 Å². The van der Waals surface area contributed by atoms with Crippen molar-refractivity contribution in [2.75, 3.05) is 6.54 Å². The van der Waals surface area contributed by atoms with Crippen LogP contribution < -0.4 is 5.32 Å². The van der Waals surface area contributed by atoms with Gasteiger partial charge in [-0.05, 0) is 47.1 Å². The van der Waals surface area contributed by atoms with Crippen molar-refractivity contribution >= 4 is 33.2 Å². The zero-order valence-electron chi connectivity index (χ0n) is 10.3. The molecule has 1 atom stereocenters. The topological polar surface area (TPSA) is 68.3 Å². The van der Waals surface area contributed by atoms with Crippen molar-refractivity contribution in [3.63, 3.8) is 0 Å². The van der Waals surface area contributed by atoms with Gasteiger partial charge in [0.15, 0.2) is 0 Å². The molecule has 2 rings (SSSR count). The van der Waals surface area contributed by atoms with Gasteiger partial charge in [-0.3, -0.25) is 10.1 Å². The van der Waals surface area contributed by atoms with Crippen molar-refractivity contribution in [1.82, 2.24) is 5.32 Å². The van der Waals surface area contributed by atoms with Crippen molar-refractivity contribution in [1.29, 1.82) is 0 Å². The normalized spacial score (nSPS) is 12.5. The van der Waals surface area contributed by atoms with Crippen LogP contribution in [0.2, 0.25) is 0 Å². The molecule has 0 amide bonds. The quantitative estimate of drug-likeness (QED) is 0.632. The average molecular weight is 345 g/mol. The molecule has 0 aliphatic carbocycles. The highest BCUT2D eigenvalue weighted by Crippen LogP contribution is 2.33. The lowest BCUT2D eigenvalue weighted by Crippen LogP contribution is -2.21. The SMILES string of the molecule is CCCNC(c1ccc([N+](=O)[O-])o1)c1ccc(Br)s1. The Balaban J connectivity index is 2.28. The maximum absolute atomic E-state index is 10.7. The van der Waals surface area contributed by atoms with Crippen LogP contribution in [-0.4, -0.2) is 11.5 Å². The van der Waals surface area contributed by atoms with E-state index in [1.807, 2.05) is 12.1 Å². The van der Waals surface area contributed by atoms with E-state index in [0.29, 0.717) is 5.76 Å². The molecule has 0 aliphatic heterocycles. The lowest BCUT2D eigenvalue weighted by Gasteiger charge is -2.14. The molecule has 7 heteroatoms. The first-order valence-corrected chi connectivity index (χ1v) is 7.45. The fraction of sp³-hybridized carbons (Fsp3) is 0.333. The Morgan fingerprint density at radius 2 is 2.26 bits per heavy atom. The number of nitro groups is 1. The number of rotatable bonds is 6. The molecule has 1 unspecified atom stereocenters. The predicted molar refractivity (Wildman–Crippen MR) is 77.5 cm³/mol. The van der Waals surface area contributed by atoms with E-state index >= 15 is 0 Å². The van der Waals surface area contributed by atoms with Crippen LogP contribution in [0, 0.1) is 10.1 Å². The Bertz CT molecular complexity index is 567. The first-order valence-electron chi connectivity index (χ1n) is 5.84. The molecular weight excluding hydrogens is 332 g/mol. The van der Waals surface area contributed by atoms with E-state index in [0.717, 1.165) is 21.6 Å². The second kappa shape index (κ2) is 6.31. The summed E-state index contributed by atoms with van der Waals surface area (Å²) in [6.07, 6.45) is 0.978. The lowest BCUT2D eigenvalue weighted by molar-refractivity contribution is -0.402. The molecule has 19 heavy (non-hydrogen) atoms. The predicted octanol–water partition coefficient (Wildman–Crippen LogP) is 4.10. The molecule has 2 heterocycles. The van der Waals surface area contributed by atoms with E-state index in [9.17, 15) is 10.1 Å². The Morgan fingerprint density at radius 3 is 2.79 bits per heavy atom. The number of hydrogen-bond donors (Lipinski definition) is 1. The highest BCUT2D eigenvalue weighted by molar-refractivity contribution is 9.11. The molecule has 0 saturated carbocycles. The van der Waals surface area contributed by atoms with Crippen LogP contribution in [0.5, 0.6) is 0 Å². The third-order valence-electron chi connectivity index (χ3n) is 2.55. The molecule has 0 aromatic carbocycles. The highest BCUT2D eigenvalue weighted by Gasteiger charge is 2.22. The summed E-state index contributed by atoms with van der Waals surface area (Å²) in [5, 5.41) is 14.0. The van der Waals surface area contributed by atoms with Crippen LogP contribution in [0.3, 0.4) is 0 Å². The van der Waals surface area contributed by atoms with Crippen molar-refractivity contribution in [2.45, 2.75) is 19.4 Å². The van der Waals surface area contributed by atoms with Crippen LogP contribution in [0.1, 0.15) is 30.0 Å². The summed E-state index contributed by atoms with van der Waals surface area (Å²) < 4.78 is 6.32. The summed E-state index contributed by atoms with van der Waals surface area (Å²) in [6.45, 7) is 2.88. The van der Waals surface area contributed by atoms with Crippen LogP contribution in [0.25, 0.3) is 0 Å². The Hall–Kier alpha value is -1.18. The minimum absolute atomic E-state index is 0.148. The molecule has 1 N–H and O–H groups in total. The molecule has 0 spiro atoms. The fourth-order valence-corrected chi connectivity index (χ4v) is 3.22. The molecule has 2 aromatic heterocycles. The third-order valence-corrected chi connectivity index (χ3v) is 4.24. The van der Waals surface area contributed by atoms with Gasteiger partial charge in [0.1, 0.15) is 16.7 Å². The summed E-state index contributed by atoms with van der Waals surface area (Å²) in [5.41, 5.74) is 0. The second-order valence-electron chi connectivity index (χ2n) is 3.96. The number of hydrogen-bond acceptors (Lipinski definition) is 5. The number of furan rings is 1. The van der Waals surface area contributed by atoms with E-state index in [-0.39, 0.29) is 11.9 Å². The Morgan fingerprint density at radius 1 is 1.47 bits per heavy atom. The first-order chi connectivity index (χ1) is 9.11. The van der Waals surface area contributed by atoms with Crippen molar-refractivity contribution in [3.05, 3.63) is 48.8 Å². The van der Waals surface area contributed by atoms with Crippen molar-refractivity contribution in [2.24, 2.45) is 0 Å². The van der Waals surface area contributed by atoms with Gasteiger partial charge < -0.3 is 9.73 Å². The molecule has 2 aromatic rings. The lowest BCUT2D eigenvalue weighted by atomic mass is 10.2. The average Bonchev–Trinajstić information content (AvgIpc) is 2.99. The Labute approximate surface area is 122 Å². The first kappa shape index (κ1) is 14.2. The Kier molecular flexibility index (Phi) is 4.73. The van der Waals surface area contributed by atoms with Crippen LogP contribution in [0.15, 0.2) is 32.5 Å². The number of nitrogens with zero attached hydrogens (tertiary/aromatic N) is 1. The molecule has 102 valence electrons. The molecule has 0 radical (unpaired) electrons. The fourth-order valence-electron chi connectivity index (χ4n) is 1.71. The maximum Gasteiger partial charge on any atom is 0.433 e. The largest absolute Gasteiger partial charge is 0.433 e. The molecular formula is C12H13BrN2O3S. The molecule has 0 aliphatic rings. The smallest absolute Gasteiger partial charge is 0.404 e. The van der Waals surface area contributed by atoms with E-state index in [1.165, 1.54) is 6.07 Å². The minimum atomic E-state index is -0.523. The molecule has 5 nitrogen and oxygen atoms in total. The van der Waals surface area contributed by atoms with E-state index in [2.05, 4.69) is 28.2 Å². The number of halogens is 1. The van der Waals surface area contributed by atoms with E-state index in [1.54, 1.807) is 17.4 Å². The van der Waals surface area contributed by atoms with Crippen LogP contribution >= 0.6 is 27.3 Å². The van der Waals surface area contributed by atoms with Crippen molar-refractivity contribution in [3.8, 4) is 0 Å². The summed E-state index contributed by atoms with van der Waals surface area (Å²) in [7, 11) is 0. The monoisotopic (exact) mass is 344 g/mol. The zero-order valence-corrected chi connectivity index (χ0v) is 12.7. The van der Waals surface area contributed by atoms with Gasteiger partial charge in [0.05, 0.1) is 9.85 Å². The highest BCUT2D eigenvalue weighted by atomic mass is 79.9. The molecule has 0 fully saturated rings. The minimum Gasteiger partial charge on any atom is -0.404 e. The number of thiophene rings is 1. The van der Waals surface area contributed by atoms with Gasteiger partial charge in [0, 0.05) is 4.88 Å². The third kappa shape index (κ3) is 3.43. The second-order valence-corrected chi connectivity index (χ2v) is 6.46. The van der Waals surface area contributed by atoms with Crippen LogP contribution in [-0.2, 0) is 0 Å². The van der Waals surface area contributed by atoms with E-state index < -0.39 is 4.92 Å². The summed E-state index contributed by atoms with van der Waals surface area (Å²) in [4.78, 5) is 11.2. The summed E-state index contributed by atoms with van der Waals surface area (Å²) in [6, 6.07) is 6.83. The molecule has 0 bridgehead atoms. The van der Waals surface area contributed by atoms with Gasteiger partial charge in [-0.1, -0.05) is 6.92 Å². The maximum atomic E-state index is 10.7. The summed E-state index contributed by atoms with van der Waals surface area (Å²) >= 11 is 5.00. The van der Waals surface area contributed by atoms with Gasteiger partial charge in [-0.25, -0.2) is 0 Å².